The Hall–Kier alpha value is -1.95. The molecule has 0 spiro atoms. The number of benzene rings is 1. The number of carboxylic acid groups (broad SMARTS) is 1. The number of carbonyl (C=O) groups is 1. The van der Waals surface area contributed by atoms with Crippen molar-refractivity contribution in [3.63, 3.8) is 0 Å². The van der Waals surface area contributed by atoms with E-state index in [-0.39, 0.29) is 11.4 Å². The number of ether oxygens (including phenoxy) is 1. The molecule has 1 aromatic carbocycles. The van der Waals surface area contributed by atoms with Gasteiger partial charge < -0.3 is 9.84 Å². The van der Waals surface area contributed by atoms with Gasteiger partial charge in [-0.1, -0.05) is 26.0 Å². The van der Waals surface area contributed by atoms with Crippen LogP contribution in [-0.2, 0) is 12.8 Å². The molecular formula is C15H15BrN2O3. The van der Waals surface area contributed by atoms with Gasteiger partial charge in [0.15, 0.2) is 0 Å². The van der Waals surface area contributed by atoms with Crippen molar-refractivity contribution < 1.29 is 14.6 Å². The minimum Gasteiger partial charge on any atom is -0.477 e. The summed E-state index contributed by atoms with van der Waals surface area (Å²) in [7, 11) is 0. The lowest BCUT2D eigenvalue weighted by Crippen LogP contribution is -2.11. The molecule has 0 unspecified atom stereocenters. The highest BCUT2D eigenvalue weighted by Crippen LogP contribution is 2.31. The molecule has 2 aromatic rings. The Kier molecular flexibility index (Phi) is 4.90. The quantitative estimate of drug-likeness (QED) is 0.886. The molecule has 0 bridgehead atoms. The predicted octanol–water partition coefficient (Wildman–Crippen LogP) is 3.85. The molecule has 1 aromatic heterocycles. The molecule has 21 heavy (non-hydrogen) atoms. The van der Waals surface area contributed by atoms with Gasteiger partial charge >= 0.3 is 5.97 Å². The van der Waals surface area contributed by atoms with Crippen molar-refractivity contribution in [2.45, 2.75) is 26.7 Å². The SMILES string of the molecule is CCc1nnc(Oc2ccccc2Br)c(C(=O)O)c1CC. The lowest BCUT2D eigenvalue weighted by Gasteiger charge is -2.13. The fourth-order valence-electron chi connectivity index (χ4n) is 2.08. The van der Waals surface area contributed by atoms with E-state index in [0.717, 1.165) is 4.47 Å². The number of carboxylic acids is 1. The van der Waals surface area contributed by atoms with Crippen molar-refractivity contribution in [1.29, 1.82) is 0 Å². The van der Waals surface area contributed by atoms with Crippen LogP contribution in [-0.4, -0.2) is 21.3 Å². The Balaban J connectivity index is 2.54. The smallest absolute Gasteiger partial charge is 0.341 e. The zero-order valence-corrected chi connectivity index (χ0v) is 13.3. The number of hydrogen-bond acceptors (Lipinski definition) is 4. The van der Waals surface area contributed by atoms with Gasteiger partial charge in [-0.3, -0.25) is 0 Å². The van der Waals surface area contributed by atoms with Gasteiger partial charge in [0.2, 0.25) is 0 Å². The lowest BCUT2D eigenvalue weighted by molar-refractivity contribution is 0.0691. The maximum Gasteiger partial charge on any atom is 0.341 e. The Bertz CT molecular complexity index is 674. The molecule has 2 rings (SSSR count). The average Bonchev–Trinajstić information content (AvgIpc) is 2.48. The number of halogens is 1. The number of rotatable bonds is 5. The van der Waals surface area contributed by atoms with E-state index in [4.69, 9.17) is 4.74 Å². The zero-order chi connectivity index (χ0) is 15.4. The molecule has 0 saturated carbocycles. The number of nitrogens with zero attached hydrogens (tertiary/aromatic N) is 2. The summed E-state index contributed by atoms with van der Waals surface area (Å²) in [6.07, 6.45) is 1.19. The van der Waals surface area contributed by atoms with E-state index in [9.17, 15) is 9.90 Å². The first-order chi connectivity index (χ1) is 10.1. The monoisotopic (exact) mass is 350 g/mol. The zero-order valence-electron chi connectivity index (χ0n) is 11.8. The maximum absolute atomic E-state index is 11.6. The second-order valence-electron chi connectivity index (χ2n) is 4.35. The van der Waals surface area contributed by atoms with Gasteiger partial charge in [-0.05, 0) is 46.5 Å². The van der Waals surface area contributed by atoms with Crippen molar-refractivity contribution in [2.75, 3.05) is 0 Å². The first-order valence-corrected chi connectivity index (χ1v) is 7.41. The lowest BCUT2D eigenvalue weighted by atomic mass is 10.0. The fourth-order valence-corrected chi connectivity index (χ4v) is 2.44. The summed E-state index contributed by atoms with van der Waals surface area (Å²) in [5.74, 6) is -0.539. The minimum absolute atomic E-state index is 0.0171. The third-order valence-corrected chi connectivity index (χ3v) is 3.73. The second kappa shape index (κ2) is 6.67. The Morgan fingerprint density at radius 1 is 1.24 bits per heavy atom. The van der Waals surface area contributed by atoms with Gasteiger partial charge in [0.25, 0.3) is 5.88 Å². The molecule has 0 amide bonds. The van der Waals surface area contributed by atoms with Crippen molar-refractivity contribution >= 4 is 21.9 Å². The predicted molar refractivity (Wildman–Crippen MR) is 82.0 cm³/mol. The molecule has 0 radical (unpaired) electrons. The van der Waals surface area contributed by atoms with Crippen LogP contribution < -0.4 is 4.74 Å². The Morgan fingerprint density at radius 2 is 1.95 bits per heavy atom. The van der Waals surface area contributed by atoms with Crippen LogP contribution in [0.15, 0.2) is 28.7 Å². The van der Waals surface area contributed by atoms with Crippen LogP contribution >= 0.6 is 15.9 Å². The van der Waals surface area contributed by atoms with Crippen molar-refractivity contribution in [1.82, 2.24) is 10.2 Å². The van der Waals surface area contributed by atoms with Crippen molar-refractivity contribution in [3.05, 3.63) is 45.6 Å². The van der Waals surface area contributed by atoms with Crippen LogP contribution in [0.1, 0.15) is 35.5 Å². The number of aryl methyl sites for hydroxylation is 1. The van der Waals surface area contributed by atoms with E-state index < -0.39 is 5.97 Å². The van der Waals surface area contributed by atoms with E-state index in [0.29, 0.717) is 29.8 Å². The third kappa shape index (κ3) is 3.21. The van der Waals surface area contributed by atoms with Gasteiger partial charge in [0.05, 0.1) is 10.2 Å². The molecule has 110 valence electrons. The van der Waals surface area contributed by atoms with Gasteiger partial charge in [-0.2, -0.15) is 5.10 Å². The Labute approximate surface area is 131 Å². The van der Waals surface area contributed by atoms with Crippen molar-refractivity contribution in [3.8, 4) is 11.6 Å². The van der Waals surface area contributed by atoms with Crippen LogP contribution in [0.3, 0.4) is 0 Å². The van der Waals surface area contributed by atoms with Gasteiger partial charge in [-0.15, -0.1) is 5.10 Å². The largest absolute Gasteiger partial charge is 0.477 e. The van der Waals surface area contributed by atoms with E-state index in [2.05, 4.69) is 26.1 Å². The third-order valence-electron chi connectivity index (χ3n) is 3.07. The topological polar surface area (TPSA) is 72.3 Å². The van der Waals surface area contributed by atoms with Crippen LogP contribution in [0.25, 0.3) is 0 Å². The highest BCUT2D eigenvalue weighted by Gasteiger charge is 2.22. The second-order valence-corrected chi connectivity index (χ2v) is 5.20. The number of hydrogen-bond donors (Lipinski definition) is 1. The highest BCUT2D eigenvalue weighted by atomic mass is 79.9. The van der Waals surface area contributed by atoms with Crippen LogP contribution in [0.4, 0.5) is 0 Å². The summed E-state index contributed by atoms with van der Waals surface area (Å²) in [6, 6.07) is 7.19. The van der Waals surface area contributed by atoms with Gasteiger partial charge in [0, 0.05) is 0 Å². The first kappa shape index (κ1) is 15.4. The molecule has 0 aliphatic rings. The molecule has 5 nitrogen and oxygen atoms in total. The summed E-state index contributed by atoms with van der Waals surface area (Å²) >= 11 is 3.36. The van der Waals surface area contributed by atoms with Crippen LogP contribution in [0.2, 0.25) is 0 Å². The molecule has 1 heterocycles. The molecule has 1 N–H and O–H groups in total. The minimum atomic E-state index is -1.06. The van der Waals surface area contributed by atoms with E-state index in [1.54, 1.807) is 12.1 Å². The average molecular weight is 351 g/mol. The van der Waals surface area contributed by atoms with Gasteiger partial charge in [0.1, 0.15) is 11.3 Å². The standard InChI is InChI=1S/C15H15BrN2O3/c1-3-9-11(4-2)17-18-14(13(9)15(19)20)21-12-8-6-5-7-10(12)16/h5-8H,3-4H2,1-2H3,(H,19,20). The summed E-state index contributed by atoms with van der Waals surface area (Å²) in [5, 5.41) is 17.5. The first-order valence-electron chi connectivity index (χ1n) is 6.62. The molecule has 0 aliphatic carbocycles. The molecular weight excluding hydrogens is 336 g/mol. The Morgan fingerprint density at radius 3 is 2.52 bits per heavy atom. The van der Waals surface area contributed by atoms with Crippen molar-refractivity contribution in [2.24, 2.45) is 0 Å². The van der Waals surface area contributed by atoms with Gasteiger partial charge in [-0.25, -0.2) is 4.79 Å². The highest BCUT2D eigenvalue weighted by molar-refractivity contribution is 9.10. The number of aromatic nitrogens is 2. The molecule has 0 fully saturated rings. The van der Waals surface area contributed by atoms with E-state index in [1.165, 1.54) is 0 Å². The van der Waals surface area contributed by atoms with Crippen LogP contribution in [0, 0.1) is 0 Å². The number of para-hydroxylation sites is 1. The number of aromatic carboxylic acids is 1. The summed E-state index contributed by atoms with van der Waals surface area (Å²) in [4.78, 5) is 11.6. The summed E-state index contributed by atoms with van der Waals surface area (Å²) in [6.45, 7) is 3.81. The fraction of sp³-hybridized carbons (Fsp3) is 0.267. The van der Waals surface area contributed by atoms with Crippen LogP contribution in [0.5, 0.6) is 11.6 Å². The van der Waals surface area contributed by atoms with E-state index >= 15 is 0 Å². The molecule has 0 saturated heterocycles. The maximum atomic E-state index is 11.6. The van der Waals surface area contributed by atoms with E-state index in [1.807, 2.05) is 26.0 Å². The molecule has 0 atom stereocenters. The molecule has 6 heteroatoms. The normalized spacial score (nSPS) is 10.4. The summed E-state index contributed by atoms with van der Waals surface area (Å²) < 4.78 is 6.37. The summed E-state index contributed by atoms with van der Waals surface area (Å²) in [5.41, 5.74) is 1.44. The molecule has 0 aliphatic heterocycles.